The van der Waals surface area contributed by atoms with Crippen molar-refractivity contribution >= 4 is 0 Å². The molecular formula is C13H21N5O2. The van der Waals surface area contributed by atoms with Crippen LogP contribution in [0.5, 0.6) is 0 Å². The first kappa shape index (κ1) is 12.7. The molecule has 4 saturated heterocycles. The van der Waals surface area contributed by atoms with Crippen LogP contribution in [-0.2, 0) is 11.2 Å². The van der Waals surface area contributed by atoms with Gasteiger partial charge in [-0.3, -0.25) is 9.80 Å². The molecule has 4 fully saturated rings. The Labute approximate surface area is 118 Å². The first-order chi connectivity index (χ1) is 9.88. The zero-order valence-electron chi connectivity index (χ0n) is 11.6. The van der Waals surface area contributed by atoms with E-state index in [0.29, 0.717) is 18.4 Å². The van der Waals surface area contributed by atoms with Crippen LogP contribution in [0.2, 0.25) is 0 Å². The van der Waals surface area contributed by atoms with Crippen molar-refractivity contribution in [1.29, 1.82) is 0 Å². The summed E-state index contributed by atoms with van der Waals surface area (Å²) in [6, 6.07) is 0.306. The summed E-state index contributed by atoms with van der Waals surface area (Å²) < 4.78 is 11.1. The number of morpholine rings is 1. The number of aromatic nitrogens is 2. The molecule has 0 spiro atoms. The number of nitrogens with one attached hydrogen (secondary N) is 1. The fraction of sp³-hybridized carbons (Fsp3) is 0.846. The first-order valence-electron chi connectivity index (χ1n) is 7.50. The van der Waals surface area contributed by atoms with Gasteiger partial charge >= 0.3 is 0 Å². The van der Waals surface area contributed by atoms with Gasteiger partial charge in [0.25, 0.3) is 0 Å². The normalized spacial score (nSPS) is 37.2. The summed E-state index contributed by atoms with van der Waals surface area (Å²) in [4.78, 5) is 9.54. The van der Waals surface area contributed by atoms with Gasteiger partial charge in [-0.2, -0.15) is 4.98 Å². The zero-order valence-corrected chi connectivity index (χ0v) is 11.6. The average molecular weight is 279 g/mol. The van der Waals surface area contributed by atoms with E-state index < -0.39 is 0 Å². The molecule has 0 amide bonds. The SMILES string of the molecule is C1COC(Cc2nc(C3CN4CCN3CC4)no2)CN1. The minimum Gasteiger partial charge on any atom is -0.375 e. The minimum atomic E-state index is 0.156. The van der Waals surface area contributed by atoms with E-state index in [9.17, 15) is 0 Å². The summed E-state index contributed by atoms with van der Waals surface area (Å²) in [5.74, 6) is 1.54. The third-order valence-electron chi connectivity index (χ3n) is 4.47. The number of nitrogens with zero attached hydrogens (tertiary/aromatic N) is 4. The number of piperazine rings is 3. The van der Waals surface area contributed by atoms with Crippen molar-refractivity contribution in [2.75, 3.05) is 52.4 Å². The van der Waals surface area contributed by atoms with E-state index in [1.807, 2.05) is 0 Å². The quantitative estimate of drug-likeness (QED) is 0.782. The van der Waals surface area contributed by atoms with Crippen molar-refractivity contribution in [3.63, 3.8) is 0 Å². The molecule has 20 heavy (non-hydrogen) atoms. The Balaban J connectivity index is 1.42. The van der Waals surface area contributed by atoms with Crippen molar-refractivity contribution in [2.24, 2.45) is 0 Å². The largest absolute Gasteiger partial charge is 0.375 e. The fourth-order valence-electron chi connectivity index (χ4n) is 3.29. The second-order valence-electron chi connectivity index (χ2n) is 5.80. The molecule has 110 valence electrons. The third-order valence-corrected chi connectivity index (χ3v) is 4.47. The molecule has 4 aliphatic heterocycles. The molecule has 7 nitrogen and oxygen atoms in total. The van der Waals surface area contributed by atoms with E-state index in [-0.39, 0.29) is 6.10 Å². The highest BCUT2D eigenvalue weighted by Crippen LogP contribution is 2.26. The molecule has 7 heteroatoms. The number of hydrogen-bond donors (Lipinski definition) is 1. The van der Waals surface area contributed by atoms with E-state index >= 15 is 0 Å². The second kappa shape index (κ2) is 5.40. The van der Waals surface area contributed by atoms with E-state index in [1.54, 1.807) is 0 Å². The molecule has 0 aliphatic carbocycles. The minimum absolute atomic E-state index is 0.156. The second-order valence-corrected chi connectivity index (χ2v) is 5.80. The molecule has 5 rings (SSSR count). The van der Waals surface area contributed by atoms with Crippen molar-refractivity contribution < 1.29 is 9.26 Å². The predicted molar refractivity (Wildman–Crippen MR) is 71.4 cm³/mol. The zero-order chi connectivity index (χ0) is 13.4. The van der Waals surface area contributed by atoms with Crippen LogP contribution in [0, 0.1) is 0 Å². The lowest BCUT2D eigenvalue weighted by atomic mass is 10.1. The number of ether oxygens (including phenoxy) is 1. The van der Waals surface area contributed by atoms with Gasteiger partial charge in [-0.15, -0.1) is 0 Å². The Morgan fingerprint density at radius 2 is 2.15 bits per heavy atom. The molecule has 1 aromatic rings. The maximum atomic E-state index is 5.68. The predicted octanol–water partition coefficient (Wildman–Crippen LogP) is -0.727. The van der Waals surface area contributed by atoms with E-state index in [2.05, 4.69) is 25.3 Å². The van der Waals surface area contributed by atoms with Crippen LogP contribution < -0.4 is 5.32 Å². The number of rotatable bonds is 3. The van der Waals surface area contributed by atoms with Crippen LogP contribution in [0.4, 0.5) is 0 Å². The van der Waals surface area contributed by atoms with Gasteiger partial charge < -0.3 is 14.6 Å². The maximum Gasteiger partial charge on any atom is 0.229 e. The van der Waals surface area contributed by atoms with Crippen molar-refractivity contribution in [3.05, 3.63) is 11.7 Å². The van der Waals surface area contributed by atoms with Crippen LogP contribution in [0.1, 0.15) is 17.8 Å². The summed E-state index contributed by atoms with van der Waals surface area (Å²) in [5.41, 5.74) is 0. The lowest BCUT2D eigenvalue weighted by molar-refractivity contribution is 0.00780. The Bertz CT molecular complexity index is 451. The highest BCUT2D eigenvalue weighted by Gasteiger charge is 2.35. The van der Waals surface area contributed by atoms with Gasteiger partial charge in [-0.1, -0.05) is 5.16 Å². The molecule has 1 N–H and O–H groups in total. The van der Waals surface area contributed by atoms with Gasteiger partial charge in [0.15, 0.2) is 5.82 Å². The summed E-state index contributed by atoms with van der Waals surface area (Å²) in [7, 11) is 0. The lowest BCUT2D eigenvalue weighted by Crippen LogP contribution is -2.57. The third kappa shape index (κ3) is 2.46. The molecule has 0 saturated carbocycles. The smallest absolute Gasteiger partial charge is 0.229 e. The Kier molecular flexibility index (Phi) is 3.43. The molecule has 0 radical (unpaired) electrons. The molecular weight excluding hydrogens is 258 g/mol. The molecule has 2 bridgehead atoms. The van der Waals surface area contributed by atoms with Gasteiger partial charge in [0, 0.05) is 45.8 Å². The maximum absolute atomic E-state index is 5.68. The first-order valence-corrected chi connectivity index (χ1v) is 7.50. The van der Waals surface area contributed by atoms with E-state index in [4.69, 9.17) is 9.26 Å². The molecule has 1 aromatic heterocycles. The van der Waals surface area contributed by atoms with Crippen molar-refractivity contribution in [3.8, 4) is 0 Å². The van der Waals surface area contributed by atoms with Gasteiger partial charge in [0.05, 0.1) is 25.2 Å². The Hall–Kier alpha value is -1.02. The number of fused-ring (bicyclic) bond motifs is 3. The molecule has 4 aliphatic rings. The summed E-state index contributed by atoms with van der Waals surface area (Å²) in [6.45, 7) is 8.15. The summed E-state index contributed by atoms with van der Waals surface area (Å²) in [6.07, 6.45) is 0.861. The summed E-state index contributed by atoms with van der Waals surface area (Å²) >= 11 is 0. The van der Waals surface area contributed by atoms with Crippen LogP contribution in [0.25, 0.3) is 0 Å². The van der Waals surface area contributed by atoms with Gasteiger partial charge in [0.1, 0.15) is 0 Å². The molecule has 5 heterocycles. The van der Waals surface area contributed by atoms with Crippen molar-refractivity contribution in [2.45, 2.75) is 18.6 Å². The fourth-order valence-corrected chi connectivity index (χ4v) is 3.29. The molecule has 2 unspecified atom stereocenters. The summed E-state index contributed by atoms with van der Waals surface area (Å²) in [5, 5.41) is 7.51. The molecule has 0 aromatic carbocycles. The monoisotopic (exact) mass is 279 g/mol. The number of hydrogen-bond acceptors (Lipinski definition) is 7. The highest BCUT2D eigenvalue weighted by molar-refractivity contribution is 5.02. The lowest BCUT2D eigenvalue weighted by Gasteiger charge is -2.46. The standard InChI is InChI=1S/C13H21N5O2/c1-6-19-10(8-14-1)7-12-15-13(16-20-12)11-9-17-2-4-18(11)5-3-17/h10-11,14H,1-9H2. The van der Waals surface area contributed by atoms with Gasteiger partial charge in [0.2, 0.25) is 5.89 Å². The Morgan fingerprint density at radius 1 is 1.25 bits per heavy atom. The highest BCUT2D eigenvalue weighted by atomic mass is 16.5. The Morgan fingerprint density at radius 3 is 2.85 bits per heavy atom. The van der Waals surface area contributed by atoms with Crippen molar-refractivity contribution in [1.82, 2.24) is 25.3 Å². The van der Waals surface area contributed by atoms with Crippen LogP contribution in [0.15, 0.2) is 4.52 Å². The average Bonchev–Trinajstić information content (AvgIpc) is 2.98. The van der Waals surface area contributed by atoms with E-state index in [0.717, 1.165) is 45.2 Å². The van der Waals surface area contributed by atoms with E-state index in [1.165, 1.54) is 13.1 Å². The van der Waals surface area contributed by atoms with Crippen LogP contribution >= 0.6 is 0 Å². The van der Waals surface area contributed by atoms with Crippen LogP contribution in [-0.4, -0.2) is 78.5 Å². The van der Waals surface area contributed by atoms with Gasteiger partial charge in [-0.05, 0) is 0 Å². The van der Waals surface area contributed by atoms with Gasteiger partial charge in [-0.25, -0.2) is 0 Å². The molecule has 2 atom stereocenters. The topological polar surface area (TPSA) is 66.7 Å². The van der Waals surface area contributed by atoms with Crippen LogP contribution in [0.3, 0.4) is 0 Å².